The number of methoxy groups -OCH3 is 2. The van der Waals surface area contributed by atoms with Crippen molar-refractivity contribution in [3.8, 4) is 17.0 Å². The zero-order valence-corrected chi connectivity index (χ0v) is 18.4. The van der Waals surface area contributed by atoms with E-state index in [1.54, 1.807) is 18.4 Å². The van der Waals surface area contributed by atoms with E-state index in [0.717, 1.165) is 53.1 Å². The summed E-state index contributed by atoms with van der Waals surface area (Å²) in [7, 11) is 3.02. The molecule has 3 heterocycles. The molecule has 0 spiro atoms. The third kappa shape index (κ3) is 4.10. The number of halogens is 1. The van der Waals surface area contributed by atoms with Gasteiger partial charge in [-0.25, -0.2) is 14.8 Å². The minimum Gasteiger partial charge on any atom is -0.496 e. The molecule has 0 saturated carbocycles. The molecule has 1 aliphatic rings. The predicted octanol–water partition coefficient (Wildman–Crippen LogP) is 5.10. The molecule has 3 aromatic rings. The number of nitrogens with zero attached hydrogens (tertiary/aromatic N) is 3. The third-order valence-corrected chi connectivity index (χ3v) is 7.45. The molecule has 0 unspecified atom stereocenters. The van der Waals surface area contributed by atoms with Gasteiger partial charge in [0.25, 0.3) is 0 Å². The van der Waals surface area contributed by atoms with Crippen LogP contribution >= 0.6 is 34.3 Å². The van der Waals surface area contributed by atoms with Crippen molar-refractivity contribution in [1.29, 1.82) is 0 Å². The molecule has 6 nitrogen and oxygen atoms in total. The zero-order valence-electron chi connectivity index (χ0n) is 16.1. The minimum atomic E-state index is -0.444. The summed E-state index contributed by atoms with van der Waals surface area (Å²) >= 11 is 9.08. The number of aromatic nitrogens is 2. The van der Waals surface area contributed by atoms with Crippen LogP contribution in [0.5, 0.6) is 5.75 Å². The van der Waals surface area contributed by atoms with Crippen LogP contribution in [0.15, 0.2) is 29.6 Å². The average Bonchev–Trinajstić information content (AvgIpc) is 3.40. The van der Waals surface area contributed by atoms with E-state index in [0.29, 0.717) is 10.8 Å². The first kappa shape index (κ1) is 20.1. The molecule has 4 rings (SSSR count). The fourth-order valence-electron chi connectivity index (χ4n) is 3.42. The fourth-order valence-corrected chi connectivity index (χ4v) is 5.66. The summed E-state index contributed by atoms with van der Waals surface area (Å²) < 4.78 is 10.2. The van der Waals surface area contributed by atoms with E-state index >= 15 is 0 Å². The Balaban J connectivity index is 1.44. The summed E-state index contributed by atoms with van der Waals surface area (Å²) in [5.41, 5.74) is 1.97. The highest BCUT2D eigenvalue weighted by Gasteiger charge is 2.27. The number of piperidine rings is 1. The van der Waals surface area contributed by atoms with Gasteiger partial charge in [-0.05, 0) is 25.0 Å². The van der Waals surface area contributed by atoms with Crippen molar-refractivity contribution in [1.82, 2.24) is 9.97 Å². The van der Waals surface area contributed by atoms with Crippen LogP contribution in [-0.4, -0.2) is 43.2 Å². The molecule has 29 heavy (non-hydrogen) atoms. The summed E-state index contributed by atoms with van der Waals surface area (Å²) in [6, 6.07) is 7.94. The summed E-state index contributed by atoms with van der Waals surface area (Å²) in [5, 5.41) is 4.23. The summed E-state index contributed by atoms with van der Waals surface area (Å²) in [6.07, 6.45) is 1.95. The van der Waals surface area contributed by atoms with Gasteiger partial charge < -0.3 is 14.4 Å². The molecule has 1 fully saturated rings. The topological polar surface area (TPSA) is 64.5 Å². The van der Waals surface area contributed by atoms with E-state index in [1.165, 1.54) is 18.4 Å². The van der Waals surface area contributed by atoms with Gasteiger partial charge in [-0.15, -0.1) is 11.3 Å². The second kappa shape index (κ2) is 8.69. The summed E-state index contributed by atoms with van der Waals surface area (Å²) in [6.45, 7) is 1.69. The number of thiazole rings is 2. The number of carbonyl (C=O) groups excluding carboxylic acids is 1. The number of hydrogen-bond acceptors (Lipinski definition) is 8. The predicted molar refractivity (Wildman–Crippen MR) is 117 cm³/mol. The summed E-state index contributed by atoms with van der Waals surface area (Å²) in [5.74, 6) is 0.803. The molecule has 9 heteroatoms. The first-order valence-corrected chi connectivity index (χ1v) is 11.3. The zero-order chi connectivity index (χ0) is 20.4. The monoisotopic (exact) mass is 449 g/mol. The van der Waals surface area contributed by atoms with E-state index in [2.05, 4.69) is 15.3 Å². The second-order valence-electron chi connectivity index (χ2n) is 6.64. The van der Waals surface area contributed by atoms with E-state index in [-0.39, 0.29) is 5.15 Å². The van der Waals surface area contributed by atoms with Crippen molar-refractivity contribution in [2.24, 2.45) is 0 Å². The van der Waals surface area contributed by atoms with Crippen LogP contribution in [0.2, 0.25) is 5.15 Å². The average molecular weight is 450 g/mol. The molecule has 0 radical (unpaired) electrons. The van der Waals surface area contributed by atoms with Gasteiger partial charge >= 0.3 is 5.97 Å². The van der Waals surface area contributed by atoms with Gasteiger partial charge in [-0.2, -0.15) is 0 Å². The Morgan fingerprint density at radius 2 is 1.97 bits per heavy atom. The van der Waals surface area contributed by atoms with Gasteiger partial charge in [0.1, 0.15) is 5.75 Å². The third-order valence-electron chi connectivity index (χ3n) is 4.96. The van der Waals surface area contributed by atoms with Crippen LogP contribution < -0.4 is 9.64 Å². The molecule has 2 aromatic heterocycles. The van der Waals surface area contributed by atoms with Crippen molar-refractivity contribution in [3.05, 3.63) is 44.7 Å². The van der Waals surface area contributed by atoms with Gasteiger partial charge in [-0.3, -0.25) is 0 Å². The number of carbonyl (C=O) groups is 1. The molecule has 0 aliphatic carbocycles. The van der Waals surface area contributed by atoms with Crippen molar-refractivity contribution in [2.45, 2.75) is 18.8 Å². The maximum atomic E-state index is 11.8. The highest BCUT2D eigenvalue weighted by atomic mass is 35.5. The van der Waals surface area contributed by atoms with Gasteiger partial charge in [0.2, 0.25) is 0 Å². The molecule has 0 amide bonds. The van der Waals surface area contributed by atoms with Gasteiger partial charge in [-0.1, -0.05) is 35.1 Å². The lowest BCUT2D eigenvalue weighted by atomic mass is 9.98. The maximum absolute atomic E-state index is 11.8. The van der Waals surface area contributed by atoms with E-state index in [9.17, 15) is 4.79 Å². The largest absolute Gasteiger partial charge is 0.496 e. The van der Waals surface area contributed by atoms with Crippen molar-refractivity contribution in [2.75, 3.05) is 32.2 Å². The van der Waals surface area contributed by atoms with Crippen LogP contribution in [0.4, 0.5) is 5.13 Å². The van der Waals surface area contributed by atoms with Crippen LogP contribution in [0.3, 0.4) is 0 Å². The Morgan fingerprint density at radius 3 is 2.69 bits per heavy atom. The Morgan fingerprint density at radius 1 is 1.21 bits per heavy atom. The fraction of sp³-hybridized carbons (Fsp3) is 0.350. The molecule has 152 valence electrons. The highest BCUT2D eigenvalue weighted by Crippen LogP contribution is 2.38. The van der Waals surface area contributed by atoms with Gasteiger partial charge in [0.05, 0.1) is 24.9 Å². The number of hydrogen-bond donors (Lipinski definition) is 0. The number of anilines is 1. The number of benzene rings is 1. The number of ether oxygens (including phenoxy) is 2. The smallest absolute Gasteiger partial charge is 0.351 e. The molecule has 1 aliphatic heterocycles. The molecule has 1 aromatic carbocycles. The lowest BCUT2D eigenvalue weighted by Crippen LogP contribution is -2.32. The van der Waals surface area contributed by atoms with Crippen molar-refractivity contribution in [3.63, 3.8) is 0 Å². The Hall–Kier alpha value is -2.16. The number of esters is 1. The molecule has 0 atom stereocenters. The standard InChI is InChI=1S/C20H20ClN3O3S2/c1-26-15-6-4-3-5-13(15)14-11-28-18(22-14)12-7-9-24(10-8-12)20-23-17(21)16(29-20)19(25)27-2/h3-6,11-12H,7-10H2,1-2H3. The Kier molecular flexibility index (Phi) is 6.03. The Bertz CT molecular complexity index is 1010. The van der Waals surface area contributed by atoms with Crippen molar-refractivity contribution < 1.29 is 14.3 Å². The highest BCUT2D eigenvalue weighted by molar-refractivity contribution is 7.18. The van der Waals surface area contributed by atoms with Crippen LogP contribution in [0, 0.1) is 0 Å². The molecule has 1 saturated heterocycles. The second-order valence-corrected chi connectivity index (χ2v) is 8.87. The van der Waals surface area contributed by atoms with E-state index in [4.69, 9.17) is 26.1 Å². The SMILES string of the molecule is COC(=O)c1sc(N2CCC(c3nc(-c4ccccc4OC)cs3)CC2)nc1Cl. The van der Waals surface area contributed by atoms with E-state index < -0.39 is 5.97 Å². The molecular formula is C20H20ClN3O3S2. The lowest BCUT2D eigenvalue weighted by Gasteiger charge is -2.30. The minimum absolute atomic E-state index is 0.209. The molecule has 0 bridgehead atoms. The van der Waals surface area contributed by atoms with Crippen molar-refractivity contribution >= 4 is 45.4 Å². The Labute approximate surface area is 182 Å². The van der Waals surface area contributed by atoms with Crippen LogP contribution in [0.25, 0.3) is 11.3 Å². The molecular weight excluding hydrogens is 430 g/mol. The lowest BCUT2D eigenvalue weighted by molar-refractivity contribution is 0.0606. The first-order chi connectivity index (χ1) is 14.1. The maximum Gasteiger partial charge on any atom is 0.351 e. The quantitative estimate of drug-likeness (QED) is 0.505. The van der Waals surface area contributed by atoms with Crippen LogP contribution in [0.1, 0.15) is 33.4 Å². The normalized spacial score (nSPS) is 14.8. The number of rotatable bonds is 5. The molecule has 0 N–H and O–H groups in total. The van der Waals surface area contributed by atoms with Gasteiger partial charge in [0.15, 0.2) is 15.2 Å². The number of para-hydroxylation sites is 1. The summed E-state index contributed by atoms with van der Waals surface area (Å²) in [4.78, 5) is 23.5. The van der Waals surface area contributed by atoms with Crippen LogP contribution in [-0.2, 0) is 4.74 Å². The first-order valence-electron chi connectivity index (χ1n) is 9.19. The van der Waals surface area contributed by atoms with Gasteiger partial charge in [0, 0.05) is 30.0 Å². The van der Waals surface area contributed by atoms with E-state index in [1.807, 2.05) is 24.3 Å².